The highest BCUT2D eigenvalue weighted by Crippen LogP contribution is 2.50. The zero-order valence-corrected chi connectivity index (χ0v) is 16.1. The van der Waals surface area contributed by atoms with E-state index < -0.39 is 5.60 Å². The number of halogens is 1. The molecule has 3 fully saturated rings. The molecule has 1 heterocycles. The number of unbranched alkanes of at least 4 members (excludes halogenated alkanes) is 1. The number of fused-ring (bicyclic) bond motifs is 1. The molecule has 3 aliphatic rings. The lowest BCUT2D eigenvalue weighted by Crippen LogP contribution is -2.43. The fourth-order valence-corrected chi connectivity index (χ4v) is 5.18. The zero-order chi connectivity index (χ0) is 17.2. The maximum absolute atomic E-state index is 12.3. The third-order valence-corrected chi connectivity index (χ3v) is 6.39. The van der Waals surface area contributed by atoms with Crippen molar-refractivity contribution in [1.82, 2.24) is 10.2 Å². The second kappa shape index (κ2) is 8.70. The van der Waals surface area contributed by atoms with Gasteiger partial charge in [-0.25, -0.2) is 0 Å². The average Bonchev–Trinajstić information content (AvgIpc) is 3.23. The number of nitrogens with one attached hydrogen (secondary N) is 1. The lowest BCUT2D eigenvalue weighted by molar-refractivity contribution is -0.130. The van der Waals surface area contributed by atoms with Crippen molar-refractivity contribution in [2.24, 2.45) is 11.8 Å². The third kappa shape index (κ3) is 4.67. The van der Waals surface area contributed by atoms with E-state index in [9.17, 15) is 9.90 Å². The van der Waals surface area contributed by atoms with Crippen LogP contribution in [0.1, 0.15) is 64.7 Å². The van der Waals surface area contributed by atoms with Crippen LogP contribution in [0.3, 0.4) is 0 Å². The van der Waals surface area contributed by atoms with Crippen molar-refractivity contribution in [3.63, 3.8) is 0 Å². The highest BCUT2D eigenvalue weighted by molar-refractivity contribution is 5.85. The first-order valence-electron chi connectivity index (χ1n) is 9.69. The van der Waals surface area contributed by atoms with Crippen LogP contribution in [-0.2, 0) is 4.79 Å². The van der Waals surface area contributed by atoms with Crippen LogP contribution in [0.15, 0.2) is 0 Å². The van der Waals surface area contributed by atoms with E-state index >= 15 is 0 Å². The molecule has 25 heavy (non-hydrogen) atoms. The van der Waals surface area contributed by atoms with Gasteiger partial charge in [-0.05, 0) is 56.8 Å². The summed E-state index contributed by atoms with van der Waals surface area (Å²) in [6, 6.07) is 2.40. The standard InChI is InChI=1S/C19H31N3O2.ClH/c1-2-3-6-19(24)10-14-8-16(9-15(14)11-19)21-13-18(23)22-7-4-5-17(22)12-20;/h14-17,21,24H,2-11,13H2,1H3;1H/t14-,15+,16?,17-,19?;/m0./s1. The lowest BCUT2D eigenvalue weighted by Gasteiger charge is -2.25. The molecule has 3 rings (SSSR count). The highest BCUT2D eigenvalue weighted by Gasteiger charge is 2.48. The number of rotatable bonds is 6. The molecule has 6 heteroatoms. The number of likely N-dealkylation sites (tertiary alicyclic amines) is 1. The molecule has 0 aromatic heterocycles. The molecule has 0 radical (unpaired) electrons. The van der Waals surface area contributed by atoms with E-state index in [0.29, 0.717) is 24.4 Å². The molecule has 1 saturated heterocycles. The van der Waals surface area contributed by atoms with E-state index in [1.165, 1.54) is 0 Å². The van der Waals surface area contributed by atoms with Crippen molar-refractivity contribution in [1.29, 1.82) is 5.26 Å². The molecule has 0 bridgehead atoms. The molecule has 0 aromatic rings. The summed E-state index contributed by atoms with van der Waals surface area (Å²) in [7, 11) is 0. The quantitative estimate of drug-likeness (QED) is 0.754. The van der Waals surface area contributed by atoms with Gasteiger partial charge < -0.3 is 15.3 Å². The van der Waals surface area contributed by atoms with E-state index in [4.69, 9.17) is 5.26 Å². The van der Waals surface area contributed by atoms with Crippen molar-refractivity contribution in [3.8, 4) is 6.07 Å². The van der Waals surface area contributed by atoms with Crippen LogP contribution in [0.4, 0.5) is 0 Å². The molecule has 2 unspecified atom stereocenters. The van der Waals surface area contributed by atoms with Gasteiger partial charge in [0.1, 0.15) is 6.04 Å². The molecule has 2 saturated carbocycles. The van der Waals surface area contributed by atoms with Crippen LogP contribution < -0.4 is 5.32 Å². The van der Waals surface area contributed by atoms with Gasteiger partial charge in [-0.3, -0.25) is 4.79 Å². The molecule has 5 atom stereocenters. The summed E-state index contributed by atoms with van der Waals surface area (Å²) in [5.41, 5.74) is -0.429. The molecule has 2 aliphatic carbocycles. The summed E-state index contributed by atoms with van der Waals surface area (Å²) in [5, 5.41) is 23.2. The molecule has 1 amide bonds. The van der Waals surface area contributed by atoms with Gasteiger partial charge in [-0.15, -0.1) is 12.4 Å². The first-order valence-corrected chi connectivity index (χ1v) is 9.69. The van der Waals surface area contributed by atoms with Crippen LogP contribution in [-0.4, -0.2) is 46.7 Å². The monoisotopic (exact) mass is 369 g/mol. The van der Waals surface area contributed by atoms with Crippen molar-refractivity contribution in [2.45, 2.75) is 82.4 Å². The fourth-order valence-electron chi connectivity index (χ4n) is 5.18. The molecule has 5 nitrogen and oxygen atoms in total. The Hall–Kier alpha value is -0.830. The summed E-state index contributed by atoms with van der Waals surface area (Å²) in [6.45, 7) is 3.24. The van der Waals surface area contributed by atoms with Crippen LogP contribution in [0, 0.1) is 23.2 Å². The first kappa shape index (κ1) is 20.5. The fraction of sp³-hybridized carbons (Fsp3) is 0.895. The Balaban J connectivity index is 0.00000225. The second-order valence-corrected chi connectivity index (χ2v) is 8.18. The van der Waals surface area contributed by atoms with Gasteiger partial charge in [0.25, 0.3) is 0 Å². The maximum Gasteiger partial charge on any atom is 0.237 e. The summed E-state index contributed by atoms with van der Waals surface area (Å²) >= 11 is 0. The minimum absolute atomic E-state index is 0. The van der Waals surface area contributed by atoms with Gasteiger partial charge >= 0.3 is 0 Å². The summed E-state index contributed by atoms with van der Waals surface area (Å²) in [5.74, 6) is 1.28. The maximum atomic E-state index is 12.3. The van der Waals surface area contributed by atoms with Crippen LogP contribution in [0.5, 0.6) is 0 Å². The summed E-state index contributed by atoms with van der Waals surface area (Å²) in [6.07, 6.45) is 8.98. The molecular weight excluding hydrogens is 338 g/mol. The third-order valence-electron chi connectivity index (χ3n) is 6.39. The summed E-state index contributed by atoms with van der Waals surface area (Å²) in [4.78, 5) is 14.0. The van der Waals surface area contributed by atoms with Crippen molar-refractivity contribution < 1.29 is 9.90 Å². The van der Waals surface area contributed by atoms with Gasteiger partial charge in [0, 0.05) is 12.6 Å². The number of hydrogen-bond donors (Lipinski definition) is 2. The molecular formula is C19H32ClN3O2. The molecule has 2 N–H and O–H groups in total. The van der Waals surface area contributed by atoms with Gasteiger partial charge in [0.2, 0.25) is 5.91 Å². The highest BCUT2D eigenvalue weighted by atomic mass is 35.5. The number of hydrogen-bond acceptors (Lipinski definition) is 4. The van der Waals surface area contributed by atoms with E-state index in [2.05, 4.69) is 18.3 Å². The number of carbonyl (C=O) groups excluding carboxylic acids is 1. The zero-order valence-electron chi connectivity index (χ0n) is 15.2. The van der Waals surface area contributed by atoms with Gasteiger partial charge in [0.05, 0.1) is 18.2 Å². The Morgan fingerprint density at radius 3 is 2.64 bits per heavy atom. The Morgan fingerprint density at radius 1 is 1.36 bits per heavy atom. The normalized spacial score (nSPS) is 36.8. The van der Waals surface area contributed by atoms with Crippen LogP contribution in [0.2, 0.25) is 0 Å². The topological polar surface area (TPSA) is 76.4 Å². The number of amides is 1. The van der Waals surface area contributed by atoms with Crippen LogP contribution >= 0.6 is 12.4 Å². The van der Waals surface area contributed by atoms with Crippen molar-refractivity contribution in [3.05, 3.63) is 0 Å². The average molecular weight is 370 g/mol. The Morgan fingerprint density at radius 2 is 2.04 bits per heavy atom. The van der Waals surface area contributed by atoms with E-state index in [0.717, 1.165) is 64.3 Å². The predicted octanol–water partition coefficient (Wildman–Crippen LogP) is 2.62. The minimum Gasteiger partial charge on any atom is -0.390 e. The minimum atomic E-state index is -0.429. The van der Waals surface area contributed by atoms with Gasteiger partial charge in [0.15, 0.2) is 0 Å². The SMILES string of the molecule is CCCCC1(O)C[C@H]2CC(NCC(=O)N3CCC[C@H]3C#N)C[C@H]2C1.Cl. The van der Waals surface area contributed by atoms with Crippen LogP contribution in [0.25, 0.3) is 0 Å². The van der Waals surface area contributed by atoms with Gasteiger partial charge in [-0.1, -0.05) is 19.8 Å². The number of aliphatic hydroxyl groups is 1. The molecule has 1 aliphatic heterocycles. The number of nitrogens with zero attached hydrogens (tertiary/aromatic N) is 2. The molecule has 0 spiro atoms. The molecule has 142 valence electrons. The largest absolute Gasteiger partial charge is 0.390 e. The van der Waals surface area contributed by atoms with E-state index in [1.807, 2.05) is 0 Å². The molecule has 0 aromatic carbocycles. The first-order chi connectivity index (χ1) is 11.5. The number of carbonyl (C=O) groups is 1. The smallest absolute Gasteiger partial charge is 0.237 e. The number of nitriles is 1. The second-order valence-electron chi connectivity index (χ2n) is 8.18. The predicted molar refractivity (Wildman–Crippen MR) is 99.3 cm³/mol. The van der Waals surface area contributed by atoms with Crippen molar-refractivity contribution in [2.75, 3.05) is 13.1 Å². The van der Waals surface area contributed by atoms with Gasteiger partial charge in [-0.2, -0.15) is 5.26 Å². The Bertz CT molecular complexity index is 493. The Labute approximate surface area is 157 Å². The summed E-state index contributed by atoms with van der Waals surface area (Å²) < 4.78 is 0. The van der Waals surface area contributed by atoms with E-state index in [1.54, 1.807) is 4.90 Å². The lowest BCUT2D eigenvalue weighted by atomic mass is 9.91. The Kier molecular flexibility index (Phi) is 7.13. The van der Waals surface area contributed by atoms with E-state index in [-0.39, 0.29) is 24.4 Å². The van der Waals surface area contributed by atoms with Crippen molar-refractivity contribution >= 4 is 18.3 Å².